The molecule has 3 saturated heterocycles. The number of alkyl carbamates (subject to hydrolysis) is 1. The number of hydrogen-bond donors (Lipinski definition) is 5. The predicted octanol–water partition coefficient (Wildman–Crippen LogP) is 6.87. The zero-order valence-corrected chi connectivity index (χ0v) is 36.5. The van der Waals surface area contributed by atoms with Gasteiger partial charge in [0.05, 0.1) is 43.0 Å². The zero-order valence-electron chi connectivity index (χ0n) is 36.5. The summed E-state index contributed by atoms with van der Waals surface area (Å²) in [7, 11) is 4.54. The summed E-state index contributed by atoms with van der Waals surface area (Å²) in [4.78, 5) is 69.7. The molecule has 7 unspecified atom stereocenters. The number of rotatable bonds is 11. The molecule has 3 aromatic carbocycles. The van der Waals surface area contributed by atoms with Gasteiger partial charge in [0, 0.05) is 45.0 Å². The first kappa shape index (κ1) is 43.3. The minimum Gasteiger partial charge on any atom is -0.453 e. The minimum atomic E-state index is -0.723. The highest BCUT2D eigenvalue weighted by Gasteiger charge is 2.42. The fraction of sp³-hybridized carbons (Fsp3) is 0.417. The third kappa shape index (κ3) is 8.72. The molecule has 2 aromatic heterocycles. The molecule has 5 aromatic rings. The van der Waals surface area contributed by atoms with Crippen LogP contribution in [0.15, 0.2) is 79.1 Å². The van der Waals surface area contributed by atoms with Crippen LogP contribution in [0, 0.1) is 0 Å². The number of likely N-dealkylation sites (tertiary alicyclic amines) is 2. The lowest BCUT2D eigenvalue weighted by molar-refractivity contribution is -0.135. The molecule has 0 saturated carbocycles. The fourth-order valence-electron chi connectivity index (χ4n) is 10.0. The predicted molar refractivity (Wildman–Crippen MR) is 238 cm³/mol. The number of nitrogens with one attached hydrogen (secondary N) is 5. The van der Waals surface area contributed by atoms with E-state index in [-0.39, 0.29) is 36.0 Å². The SMILES string of the molecule is COC.COC(=O)NC(C)C(=O)N1CCCC1c1ncc(-c2ccc(-c3ccc(-c4cnc(C5CCCN5C(=O)C(C)NC=O)[nH]4)cc3)c3c2C2CC(c4ccccc4)CC3N2)[nH]1. The Bertz CT molecular complexity index is 2420. The van der Waals surface area contributed by atoms with Crippen LogP contribution in [0.4, 0.5) is 4.79 Å². The lowest BCUT2D eigenvalue weighted by atomic mass is 9.85. The van der Waals surface area contributed by atoms with E-state index in [1.165, 1.54) is 29.4 Å². The number of hydrogen-bond acceptors (Lipinski definition) is 9. The number of aromatic amines is 2. The first-order valence-corrected chi connectivity index (χ1v) is 21.9. The summed E-state index contributed by atoms with van der Waals surface area (Å²) in [5.41, 5.74) is 10.2. The lowest BCUT2D eigenvalue weighted by Crippen LogP contribution is -2.46. The van der Waals surface area contributed by atoms with Crippen molar-refractivity contribution in [1.29, 1.82) is 0 Å². The van der Waals surface area contributed by atoms with Crippen molar-refractivity contribution in [1.82, 2.24) is 45.7 Å². The highest BCUT2D eigenvalue weighted by molar-refractivity contribution is 5.86. The first-order valence-electron chi connectivity index (χ1n) is 21.9. The Labute approximate surface area is 367 Å². The van der Waals surface area contributed by atoms with Crippen LogP contribution in [-0.2, 0) is 23.9 Å². The van der Waals surface area contributed by atoms with Crippen LogP contribution in [-0.4, -0.2) is 101 Å². The van der Waals surface area contributed by atoms with Gasteiger partial charge in [-0.05, 0) is 91.7 Å². The summed E-state index contributed by atoms with van der Waals surface area (Å²) in [6.45, 7) is 4.60. The Morgan fingerprint density at radius 1 is 0.730 bits per heavy atom. The summed E-state index contributed by atoms with van der Waals surface area (Å²) in [5.74, 6) is 1.61. The van der Waals surface area contributed by atoms with Gasteiger partial charge < -0.3 is 45.2 Å². The van der Waals surface area contributed by atoms with Gasteiger partial charge >= 0.3 is 6.09 Å². The third-order valence-electron chi connectivity index (χ3n) is 13.0. The number of H-pyrrole nitrogens is 2. The van der Waals surface area contributed by atoms with Crippen LogP contribution in [0.5, 0.6) is 0 Å². The van der Waals surface area contributed by atoms with Crippen LogP contribution in [0.3, 0.4) is 0 Å². The van der Waals surface area contributed by atoms with Crippen molar-refractivity contribution in [3.05, 3.63) is 107 Å². The molecule has 5 N–H and O–H groups in total. The van der Waals surface area contributed by atoms with E-state index < -0.39 is 18.2 Å². The Morgan fingerprint density at radius 2 is 1.27 bits per heavy atom. The number of carbonyl (C=O) groups is 4. The largest absolute Gasteiger partial charge is 0.453 e. The van der Waals surface area contributed by atoms with Crippen molar-refractivity contribution in [3.8, 4) is 33.6 Å². The molecule has 7 atom stereocenters. The highest BCUT2D eigenvalue weighted by Crippen LogP contribution is 2.54. The fourth-order valence-corrected chi connectivity index (χ4v) is 10.0. The van der Waals surface area contributed by atoms with E-state index in [9.17, 15) is 19.2 Å². The number of benzene rings is 3. The summed E-state index contributed by atoms with van der Waals surface area (Å²) < 4.78 is 8.98. The van der Waals surface area contributed by atoms with E-state index in [0.29, 0.717) is 25.4 Å². The van der Waals surface area contributed by atoms with E-state index in [1.54, 1.807) is 28.1 Å². The number of amides is 4. The molecule has 6 heterocycles. The van der Waals surface area contributed by atoms with Gasteiger partial charge in [-0.3, -0.25) is 14.4 Å². The number of aromatic nitrogens is 4. The van der Waals surface area contributed by atoms with Gasteiger partial charge in [0.25, 0.3) is 0 Å². The Morgan fingerprint density at radius 3 is 1.87 bits per heavy atom. The second-order valence-electron chi connectivity index (χ2n) is 16.9. The maximum Gasteiger partial charge on any atom is 0.407 e. The molecule has 63 heavy (non-hydrogen) atoms. The van der Waals surface area contributed by atoms with E-state index >= 15 is 0 Å². The van der Waals surface area contributed by atoms with Crippen LogP contribution in [0.25, 0.3) is 33.6 Å². The van der Waals surface area contributed by atoms with Gasteiger partial charge in [-0.15, -0.1) is 0 Å². The summed E-state index contributed by atoms with van der Waals surface area (Å²) in [6, 6.07) is 22.4. The quantitative estimate of drug-likeness (QED) is 0.0885. The molecule has 9 rings (SSSR count). The normalized spacial score (nSPS) is 22.1. The number of methoxy groups -OCH3 is 2. The van der Waals surface area contributed by atoms with Crippen molar-refractivity contribution in [2.45, 2.75) is 94.5 Å². The van der Waals surface area contributed by atoms with Gasteiger partial charge in [0.1, 0.15) is 23.7 Å². The van der Waals surface area contributed by atoms with Crippen LogP contribution < -0.4 is 16.0 Å². The van der Waals surface area contributed by atoms with Gasteiger partial charge in [-0.25, -0.2) is 14.8 Å². The Hall–Kier alpha value is -6.32. The highest BCUT2D eigenvalue weighted by atomic mass is 16.5. The lowest BCUT2D eigenvalue weighted by Gasteiger charge is -2.30. The first-order chi connectivity index (χ1) is 30.6. The summed E-state index contributed by atoms with van der Waals surface area (Å²) in [6.07, 6.45) is 8.92. The van der Waals surface area contributed by atoms with Crippen LogP contribution in [0.2, 0.25) is 0 Å². The number of fused-ring (bicyclic) bond motifs is 5. The summed E-state index contributed by atoms with van der Waals surface area (Å²) in [5, 5.41) is 9.18. The molecule has 4 aliphatic rings. The number of imidazole rings is 2. The van der Waals surface area contributed by atoms with Gasteiger partial charge in [-0.2, -0.15) is 0 Å². The second-order valence-corrected chi connectivity index (χ2v) is 16.9. The van der Waals surface area contributed by atoms with Crippen molar-refractivity contribution in [3.63, 3.8) is 0 Å². The third-order valence-corrected chi connectivity index (χ3v) is 13.0. The van der Waals surface area contributed by atoms with Crippen molar-refractivity contribution >= 4 is 24.3 Å². The molecule has 15 nitrogen and oxygen atoms in total. The van der Waals surface area contributed by atoms with Gasteiger partial charge in [0.15, 0.2) is 0 Å². The molecule has 4 aliphatic heterocycles. The number of ether oxygens (including phenoxy) is 2. The molecule has 15 heteroatoms. The maximum atomic E-state index is 13.5. The van der Waals surface area contributed by atoms with Crippen molar-refractivity contribution < 1.29 is 28.7 Å². The van der Waals surface area contributed by atoms with E-state index in [0.717, 1.165) is 78.3 Å². The molecule has 330 valence electrons. The van der Waals surface area contributed by atoms with Gasteiger partial charge in [0.2, 0.25) is 18.2 Å². The number of carbonyl (C=O) groups excluding carboxylic acids is 4. The number of nitrogens with zero attached hydrogens (tertiary/aromatic N) is 4. The smallest absolute Gasteiger partial charge is 0.407 e. The molecule has 4 amide bonds. The number of piperidine rings is 1. The van der Waals surface area contributed by atoms with Crippen molar-refractivity contribution in [2.75, 3.05) is 34.4 Å². The Balaban J connectivity index is 0.00000177. The Kier molecular flexibility index (Phi) is 13.0. The van der Waals surface area contributed by atoms with Gasteiger partial charge in [-0.1, -0.05) is 66.7 Å². The molecular formula is C48H57N9O6. The topological polar surface area (TPSA) is 187 Å². The minimum absolute atomic E-state index is 0.110. The average molecular weight is 856 g/mol. The monoisotopic (exact) mass is 855 g/mol. The second kappa shape index (κ2) is 19.0. The summed E-state index contributed by atoms with van der Waals surface area (Å²) >= 11 is 0. The molecular weight excluding hydrogens is 799 g/mol. The van der Waals surface area contributed by atoms with E-state index in [1.807, 2.05) is 22.2 Å². The van der Waals surface area contributed by atoms with E-state index in [2.05, 4.69) is 97.4 Å². The maximum absolute atomic E-state index is 13.5. The standard InChI is InChI=1S/C46H51N9O5.C2H6O/c1-26(49-25-56)44(57)54-19-7-11-38(54)42-47-23-36(52-42)30-15-13-29(14-16-30)32-17-18-33(41-35-22-31(21-34(51-35)40(32)41)28-9-5-4-6-10-28)37-24-48-43(53-37)39-12-8-20-55(39)45(58)27(2)50-46(59)60-3;1-3-2/h4-6,9-10,13-18,23-27,31,34-35,38-39,51H,7-8,11-12,19-22H2,1-3H3,(H,47,52)(H,48,53)(H,49,56)(H,50,59);1-2H3. The van der Waals surface area contributed by atoms with Crippen molar-refractivity contribution in [2.24, 2.45) is 0 Å². The molecule has 2 bridgehead atoms. The zero-order chi connectivity index (χ0) is 44.2. The van der Waals surface area contributed by atoms with Crippen LogP contribution in [0.1, 0.15) is 111 Å². The average Bonchev–Trinajstić information content (AvgIpc) is 4.17. The molecule has 0 spiro atoms. The van der Waals surface area contributed by atoms with Crippen LogP contribution >= 0.6 is 0 Å². The van der Waals surface area contributed by atoms with E-state index in [4.69, 9.17) is 14.7 Å². The molecule has 0 aliphatic carbocycles. The molecule has 0 radical (unpaired) electrons. The molecule has 3 fully saturated rings.